The summed E-state index contributed by atoms with van der Waals surface area (Å²) in [5.41, 5.74) is 1.22. The molecule has 3 aromatic rings. The number of ketones is 1. The molecule has 1 aliphatic rings. The van der Waals surface area contributed by atoms with Crippen molar-refractivity contribution < 1.29 is 19.5 Å². The Balaban J connectivity index is 1.85. The predicted octanol–water partition coefficient (Wildman–Crippen LogP) is 3.22. The second kappa shape index (κ2) is 9.22. The maximum atomic E-state index is 13.6. The van der Waals surface area contributed by atoms with Gasteiger partial charge in [0.05, 0.1) is 17.5 Å². The first-order chi connectivity index (χ1) is 15.9. The zero-order valence-electron chi connectivity index (χ0n) is 18.4. The van der Waals surface area contributed by atoms with E-state index in [0.29, 0.717) is 5.69 Å². The zero-order valence-corrected chi connectivity index (χ0v) is 18.4. The van der Waals surface area contributed by atoms with Crippen molar-refractivity contribution in [2.45, 2.75) is 26.4 Å². The lowest BCUT2D eigenvalue weighted by molar-refractivity contribution is -0.164. The van der Waals surface area contributed by atoms with Crippen LogP contribution in [0.5, 0.6) is 0 Å². The summed E-state index contributed by atoms with van der Waals surface area (Å²) in [5, 5.41) is 17.7. The van der Waals surface area contributed by atoms with Crippen molar-refractivity contribution in [3.63, 3.8) is 0 Å². The molecule has 0 aliphatic carbocycles. The molecule has 33 heavy (non-hydrogen) atoms. The maximum absolute atomic E-state index is 13.6. The summed E-state index contributed by atoms with van der Waals surface area (Å²) < 4.78 is 0. The number of hydrazine groups is 1. The lowest BCUT2D eigenvalue weighted by Crippen LogP contribution is -2.60. The van der Waals surface area contributed by atoms with Crippen LogP contribution in [0.3, 0.4) is 0 Å². The number of carboxylic acids is 1. The van der Waals surface area contributed by atoms with Gasteiger partial charge in [0.15, 0.2) is 11.8 Å². The number of Topliss-reactive ketones (excluding diaryl/α,β-unsaturated/α-hetero) is 1. The largest absolute Gasteiger partial charge is 0.480 e. The molecule has 0 saturated carbocycles. The Bertz CT molecular complexity index is 1250. The Morgan fingerprint density at radius 1 is 1.06 bits per heavy atom. The molecule has 1 aliphatic heterocycles. The average Bonchev–Trinajstić information content (AvgIpc) is 2.81. The molecule has 8 nitrogen and oxygen atoms in total. The van der Waals surface area contributed by atoms with Crippen LogP contribution in [0.1, 0.15) is 19.4 Å². The summed E-state index contributed by atoms with van der Waals surface area (Å²) in [6, 6.07) is 15.4. The minimum atomic E-state index is -1.33. The van der Waals surface area contributed by atoms with E-state index in [1.54, 1.807) is 19.3 Å². The van der Waals surface area contributed by atoms with Crippen LogP contribution in [0.15, 0.2) is 78.3 Å². The van der Waals surface area contributed by atoms with E-state index in [4.69, 9.17) is 0 Å². The monoisotopic (exact) mass is 444 g/mol. The van der Waals surface area contributed by atoms with Crippen molar-refractivity contribution >= 4 is 34.1 Å². The van der Waals surface area contributed by atoms with E-state index in [1.807, 2.05) is 54.6 Å². The molecule has 2 aromatic carbocycles. The molecule has 2 heterocycles. The molecule has 0 radical (unpaired) electrons. The van der Waals surface area contributed by atoms with Crippen molar-refractivity contribution in [1.82, 2.24) is 15.0 Å². The second-order valence-electron chi connectivity index (χ2n) is 7.72. The van der Waals surface area contributed by atoms with Crippen molar-refractivity contribution in [1.29, 1.82) is 0 Å². The summed E-state index contributed by atoms with van der Waals surface area (Å²) in [6.07, 6.45) is 3.26. The molecule has 1 aromatic heterocycles. The summed E-state index contributed by atoms with van der Waals surface area (Å²) in [4.78, 5) is 43.0. The minimum Gasteiger partial charge on any atom is -0.480 e. The molecule has 4 rings (SSSR count). The smallest absolute Gasteiger partial charge is 0.327 e. The van der Waals surface area contributed by atoms with Crippen LogP contribution in [0, 0.1) is 0 Å². The second-order valence-corrected chi connectivity index (χ2v) is 7.72. The van der Waals surface area contributed by atoms with Gasteiger partial charge in [0.2, 0.25) is 0 Å². The van der Waals surface area contributed by atoms with E-state index < -0.39 is 23.7 Å². The number of nitrogens with one attached hydrogen (secondary N) is 1. The number of hydrogen-bond acceptors (Lipinski definition) is 6. The van der Waals surface area contributed by atoms with Crippen molar-refractivity contribution in [3.05, 3.63) is 83.8 Å². The molecule has 2 N–H and O–H groups in total. The standard InChI is InChI=1S/C25H24N4O4/c1-3-28-24(31)22(27-20-14-26-13-18-11-7-8-12-19(18)20)21(16(2)30)23(25(32)33)29(28)15-17-9-5-4-6-10-17/h4-14,23,27H,3,15H2,1-2H3,(H,32,33). The first-order valence-electron chi connectivity index (χ1n) is 10.6. The van der Waals surface area contributed by atoms with Gasteiger partial charge in [0.25, 0.3) is 5.91 Å². The summed E-state index contributed by atoms with van der Waals surface area (Å²) in [7, 11) is 0. The highest BCUT2D eigenvalue weighted by Gasteiger charge is 2.45. The Hall–Kier alpha value is -4.04. The molecule has 168 valence electrons. The Morgan fingerprint density at radius 3 is 2.42 bits per heavy atom. The van der Waals surface area contributed by atoms with Gasteiger partial charge in [0.1, 0.15) is 5.70 Å². The zero-order chi connectivity index (χ0) is 23.5. The van der Waals surface area contributed by atoms with Crippen LogP contribution in [0.2, 0.25) is 0 Å². The maximum Gasteiger partial charge on any atom is 0.327 e. The number of carbonyl (C=O) groups excluding carboxylic acids is 2. The summed E-state index contributed by atoms with van der Waals surface area (Å²) >= 11 is 0. The number of anilines is 1. The predicted molar refractivity (Wildman–Crippen MR) is 124 cm³/mol. The summed E-state index contributed by atoms with van der Waals surface area (Å²) in [6.45, 7) is 3.45. The number of carboxylic acid groups (broad SMARTS) is 1. The average molecular weight is 444 g/mol. The van der Waals surface area contributed by atoms with Crippen molar-refractivity contribution in [2.24, 2.45) is 0 Å². The van der Waals surface area contributed by atoms with E-state index in [9.17, 15) is 19.5 Å². The molecular formula is C25H24N4O4. The number of pyridine rings is 1. The Kier molecular flexibility index (Phi) is 6.19. The van der Waals surface area contributed by atoms with Crippen molar-refractivity contribution in [3.8, 4) is 0 Å². The Morgan fingerprint density at radius 2 is 1.76 bits per heavy atom. The van der Waals surface area contributed by atoms with Gasteiger partial charge < -0.3 is 10.4 Å². The first kappa shape index (κ1) is 22.2. The third-order valence-electron chi connectivity index (χ3n) is 5.63. The number of nitrogens with zero attached hydrogens (tertiary/aromatic N) is 3. The number of likely N-dealkylation sites (N-methyl/N-ethyl adjacent to an activating group) is 1. The van der Waals surface area contributed by atoms with Crippen LogP contribution in [-0.4, -0.2) is 50.4 Å². The van der Waals surface area contributed by atoms with Crippen LogP contribution < -0.4 is 5.32 Å². The topological polar surface area (TPSA) is 103 Å². The number of carbonyl (C=O) groups is 3. The number of hydrogen-bond donors (Lipinski definition) is 2. The third-order valence-corrected chi connectivity index (χ3v) is 5.63. The number of aliphatic carboxylic acids is 1. The van der Waals surface area contributed by atoms with Gasteiger partial charge >= 0.3 is 5.97 Å². The highest BCUT2D eigenvalue weighted by molar-refractivity contribution is 6.12. The number of benzene rings is 2. The number of amides is 1. The molecule has 0 spiro atoms. The van der Waals surface area contributed by atoms with E-state index in [2.05, 4.69) is 10.3 Å². The number of rotatable bonds is 7. The number of fused-ring (bicyclic) bond motifs is 1. The highest BCUT2D eigenvalue weighted by Crippen LogP contribution is 2.31. The lowest BCUT2D eigenvalue weighted by Gasteiger charge is -2.43. The van der Waals surface area contributed by atoms with Gasteiger partial charge in [-0.15, -0.1) is 0 Å². The molecule has 1 amide bonds. The quantitative estimate of drug-likeness (QED) is 0.577. The van der Waals surface area contributed by atoms with E-state index >= 15 is 0 Å². The van der Waals surface area contributed by atoms with Gasteiger partial charge in [-0.2, -0.15) is 5.01 Å². The Labute approximate surface area is 191 Å². The molecule has 1 unspecified atom stereocenters. The fourth-order valence-corrected chi connectivity index (χ4v) is 4.15. The van der Waals surface area contributed by atoms with Gasteiger partial charge in [-0.1, -0.05) is 54.6 Å². The van der Waals surface area contributed by atoms with Gasteiger partial charge in [-0.25, -0.2) is 0 Å². The third kappa shape index (κ3) is 4.20. The summed E-state index contributed by atoms with van der Waals surface area (Å²) in [5.74, 6) is -2.17. The lowest BCUT2D eigenvalue weighted by atomic mass is 9.96. The van der Waals surface area contributed by atoms with Gasteiger partial charge in [-0.05, 0) is 19.4 Å². The van der Waals surface area contributed by atoms with Crippen molar-refractivity contribution in [2.75, 3.05) is 11.9 Å². The van der Waals surface area contributed by atoms with Crippen LogP contribution >= 0.6 is 0 Å². The van der Waals surface area contributed by atoms with Crippen LogP contribution in [0.25, 0.3) is 10.8 Å². The number of aromatic nitrogens is 1. The normalized spacial score (nSPS) is 16.8. The minimum absolute atomic E-state index is 0.0424. The van der Waals surface area contributed by atoms with E-state index in [-0.39, 0.29) is 24.4 Å². The molecule has 0 fully saturated rings. The van der Waals surface area contributed by atoms with Gasteiger partial charge in [0, 0.05) is 30.1 Å². The van der Waals surface area contributed by atoms with E-state index in [0.717, 1.165) is 16.3 Å². The first-order valence-corrected chi connectivity index (χ1v) is 10.6. The fourth-order valence-electron chi connectivity index (χ4n) is 4.15. The fraction of sp³-hybridized carbons (Fsp3) is 0.200. The molecule has 0 bridgehead atoms. The molecule has 0 saturated heterocycles. The SMILES string of the molecule is CCN1C(=O)C(Nc2cncc3ccccc23)=C(C(C)=O)C(C(=O)O)N1Cc1ccccc1. The molecule has 1 atom stereocenters. The van der Waals surface area contributed by atoms with Crippen LogP contribution in [0.4, 0.5) is 5.69 Å². The van der Waals surface area contributed by atoms with Crippen LogP contribution in [-0.2, 0) is 20.9 Å². The van der Waals surface area contributed by atoms with E-state index in [1.165, 1.54) is 16.9 Å². The van der Waals surface area contributed by atoms with Gasteiger partial charge in [-0.3, -0.25) is 24.4 Å². The molecule has 8 heteroatoms. The highest BCUT2D eigenvalue weighted by atomic mass is 16.4. The molecular weight excluding hydrogens is 420 g/mol.